The molecule has 0 aliphatic carbocycles. The third-order valence-electron chi connectivity index (χ3n) is 2.76. The van der Waals surface area contributed by atoms with Crippen molar-refractivity contribution in [1.29, 1.82) is 5.26 Å². The molecule has 3 rings (SSSR count). The van der Waals surface area contributed by atoms with Crippen molar-refractivity contribution in [3.63, 3.8) is 0 Å². The monoisotopic (exact) mass is 239 g/mol. The molecule has 88 valence electrons. The number of nitrogens with zero attached hydrogens (tertiary/aromatic N) is 3. The van der Waals surface area contributed by atoms with Gasteiger partial charge in [-0.15, -0.1) is 0 Å². The van der Waals surface area contributed by atoms with E-state index in [9.17, 15) is 4.79 Å². The number of aromatic nitrogens is 4. The molecule has 18 heavy (non-hydrogen) atoms. The predicted molar refractivity (Wildman–Crippen MR) is 65.8 cm³/mol. The van der Waals surface area contributed by atoms with E-state index in [1.807, 2.05) is 12.1 Å². The molecule has 0 atom stereocenters. The summed E-state index contributed by atoms with van der Waals surface area (Å²) in [6, 6.07) is 7.53. The van der Waals surface area contributed by atoms with E-state index < -0.39 is 0 Å². The zero-order valence-corrected chi connectivity index (χ0v) is 9.56. The minimum Gasteiger partial charge on any atom is -0.306 e. The summed E-state index contributed by atoms with van der Waals surface area (Å²) in [7, 11) is 1.76. The van der Waals surface area contributed by atoms with Crippen LogP contribution in [0.5, 0.6) is 0 Å². The van der Waals surface area contributed by atoms with E-state index in [4.69, 9.17) is 5.26 Å². The summed E-state index contributed by atoms with van der Waals surface area (Å²) in [5, 5.41) is 13.1. The number of aryl methyl sites for hydroxylation is 1. The van der Waals surface area contributed by atoms with Gasteiger partial charge in [-0.25, -0.2) is 4.79 Å². The topological polar surface area (TPSA) is 90.3 Å². The maximum atomic E-state index is 11.2. The van der Waals surface area contributed by atoms with Gasteiger partial charge in [-0.2, -0.15) is 10.4 Å². The van der Waals surface area contributed by atoms with E-state index in [0.29, 0.717) is 11.2 Å². The molecule has 0 bridgehead atoms. The van der Waals surface area contributed by atoms with Crippen LogP contribution in [0.15, 0.2) is 29.2 Å². The number of H-pyrrole nitrogens is 2. The molecule has 2 heterocycles. The molecule has 0 aliphatic rings. The van der Waals surface area contributed by atoms with E-state index in [0.717, 1.165) is 16.6 Å². The summed E-state index contributed by atoms with van der Waals surface area (Å²) in [6.07, 6.45) is 1.78. The molecule has 0 saturated heterocycles. The number of imidazole rings is 1. The van der Waals surface area contributed by atoms with Crippen molar-refractivity contribution >= 4 is 11.0 Å². The fourth-order valence-corrected chi connectivity index (χ4v) is 1.98. The Morgan fingerprint density at radius 2 is 2.11 bits per heavy atom. The smallest absolute Gasteiger partial charge is 0.306 e. The average molecular weight is 239 g/mol. The van der Waals surface area contributed by atoms with Crippen molar-refractivity contribution in [1.82, 2.24) is 19.7 Å². The van der Waals surface area contributed by atoms with Crippen LogP contribution in [0.25, 0.3) is 22.2 Å². The van der Waals surface area contributed by atoms with Crippen LogP contribution in [0.2, 0.25) is 0 Å². The van der Waals surface area contributed by atoms with Gasteiger partial charge < -0.3 is 9.97 Å². The molecule has 0 saturated carbocycles. The first-order chi connectivity index (χ1) is 8.67. The zero-order valence-electron chi connectivity index (χ0n) is 9.56. The summed E-state index contributed by atoms with van der Waals surface area (Å²) < 4.78 is 1.60. The number of hydrogen-bond acceptors (Lipinski definition) is 3. The fraction of sp³-hybridized carbons (Fsp3) is 0.0833. The second-order valence-electron chi connectivity index (χ2n) is 4.02. The highest BCUT2D eigenvalue weighted by atomic mass is 16.1. The number of nitriles is 1. The zero-order chi connectivity index (χ0) is 12.7. The van der Waals surface area contributed by atoms with Crippen LogP contribution in [0.4, 0.5) is 0 Å². The Labute approximate surface area is 101 Å². The summed E-state index contributed by atoms with van der Waals surface area (Å²) in [5.74, 6) is 0. The first-order valence-electron chi connectivity index (χ1n) is 5.33. The third-order valence-corrected chi connectivity index (χ3v) is 2.76. The summed E-state index contributed by atoms with van der Waals surface area (Å²) in [6.45, 7) is 0. The number of rotatable bonds is 1. The molecule has 1 aromatic carbocycles. The second-order valence-corrected chi connectivity index (χ2v) is 4.02. The molecule has 2 N–H and O–H groups in total. The van der Waals surface area contributed by atoms with Gasteiger partial charge in [0, 0.05) is 18.8 Å². The van der Waals surface area contributed by atoms with E-state index in [1.54, 1.807) is 24.0 Å². The van der Waals surface area contributed by atoms with E-state index in [1.165, 1.54) is 0 Å². The number of aromatic amines is 2. The molecule has 3 aromatic rings. The van der Waals surface area contributed by atoms with Gasteiger partial charge >= 0.3 is 5.69 Å². The van der Waals surface area contributed by atoms with Crippen LogP contribution in [0.1, 0.15) is 5.69 Å². The minimum absolute atomic E-state index is 0.242. The lowest BCUT2D eigenvalue weighted by Gasteiger charge is -1.97. The average Bonchev–Trinajstić information content (AvgIpc) is 2.89. The number of fused-ring (bicyclic) bond motifs is 1. The largest absolute Gasteiger partial charge is 0.323 e. The van der Waals surface area contributed by atoms with Gasteiger partial charge in [0.1, 0.15) is 6.07 Å². The van der Waals surface area contributed by atoms with Gasteiger partial charge in [0.2, 0.25) is 0 Å². The lowest BCUT2D eigenvalue weighted by Crippen LogP contribution is -1.99. The normalized spacial score (nSPS) is 10.7. The Morgan fingerprint density at radius 1 is 1.33 bits per heavy atom. The molecule has 0 amide bonds. The first kappa shape index (κ1) is 10.4. The molecule has 0 spiro atoms. The maximum Gasteiger partial charge on any atom is 0.323 e. The quantitative estimate of drug-likeness (QED) is 0.666. The molecule has 0 radical (unpaired) electrons. The first-order valence-corrected chi connectivity index (χ1v) is 5.33. The van der Waals surface area contributed by atoms with Gasteiger partial charge in [-0.1, -0.05) is 6.07 Å². The van der Waals surface area contributed by atoms with Crippen molar-refractivity contribution in [2.45, 2.75) is 0 Å². The highest BCUT2D eigenvalue weighted by Gasteiger charge is 2.10. The summed E-state index contributed by atoms with van der Waals surface area (Å²) in [4.78, 5) is 16.5. The highest BCUT2D eigenvalue weighted by molar-refractivity contribution is 5.82. The maximum absolute atomic E-state index is 11.2. The number of hydrogen-bond donors (Lipinski definition) is 2. The van der Waals surface area contributed by atoms with Crippen molar-refractivity contribution in [3.05, 3.63) is 40.6 Å². The van der Waals surface area contributed by atoms with Crippen molar-refractivity contribution in [3.8, 4) is 17.2 Å². The highest BCUT2D eigenvalue weighted by Crippen LogP contribution is 2.24. The fourth-order valence-electron chi connectivity index (χ4n) is 1.98. The molecule has 0 aliphatic heterocycles. The Hall–Kier alpha value is -2.81. The summed E-state index contributed by atoms with van der Waals surface area (Å²) >= 11 is 0. The van der Waals surface area contributed by atoms with Crippen LogP contribution in [0, 0.1) is 11.3 Å². The van der Waals surface area contributed by atoms with E-state index >= 15 is 0 Å². The van der Waals surface area contributed by atoms with E-state index in [-0.39, 0.29) is 5.69 Å². The summed E-state index contributed by atoms with van der Waals surface area (Å²) in [5.41, 5.74) is 3.19. The van der Waals surface area contributed by atoms with Crippen molar-refractivity contribution < 1.29 is 0 Å². The predicted octanol–water partition coefficient (Wildman–Crippen LogP) is 1.13. The molecule has 6 nitrogen and oxygen atoms in total. The molecular formula is C12H9N5O. The molecule has 6 heteroatoms. The van der Waals surface area contributed by atoms with Crippen LogP contribution in [0.3, 0.4) is 0 Å². The number of nitrogens with one attached hydrogen (secondary N) is 2. The SMILES string of the molecule is Cn1cc(-c2ccc3[nH]c(=O)[nH]c3c2)c(C#N)n1. The Balaban J connectivity index is 2.25. The third kappa shape index (κ3) is 1.50. The lowest BCUT2D eigenvalue weighted by molar-refractivity contribution is 0.763. The Bertz CT molecular complexity index is 830. The van der Waals surface area contributed by atoms with Crippen LogP contribution in [-0.4, -0.2) is 19.7 Å². The van der Waals surface area contributed by atoms with E-state index in [2.05, 4.69) is 21.1 Å². The molecular weight excluding hydrogens is 230 g/mol. The van der Waals surface area contributed by atoms with Gasteiger partial charge in [0.15, 0.2) is 5.69 Å². The van der Waals surface area contributed by atoms with Crippen molar-refractivity contribution in [2.24, 2.45) is 7.05 Å². The van der Waals surface area contributed by atoms with Gasteiger partial charge in [0.25, 0.3) is 0 Å². The van der Waals surface area contributed by atoms with Crippen LogP contribution >= 0.6 is 0 Å². The van der Waals surface area contributed by atoms with Crippen molar-refractivity contribution in [2.75, 3.05) is 0 Å². The lowest BCUT2D eigenvalue weighted by atomic mass is 10.1. The van der Waals surface area contributed by atoms with Gasteiger partial charge in [0.05, 0.1) is 11.0 Å². The molecule has 2 aromatic heterocycles. The van der Waals surface area contributed by atoms with Crippen LogP contribution < -0.4 is 5.69 Å². The molecule has 0 unspecified atom stereocenters. The number of benzene rings is 1. The second kappa shape index (κ2) is 3.60. The van der Waals surface area contributed by atoms with Gasteiger partial charge in [-0.05, 0) is 17.7 Å². The minimum atomic E-state index is -0.242. The Morgan fingerprint density at radius 3 is 2.89 bits per heavy atom. The Kier molecular flexibility index (Phi) is 2.07. The van der Waals surface area contributed by atoms with Crippen LogP contribution in [-0.2, 0) is 7.05 Å². The molecule has 0 fully saturated rings. The van der Waals surface area contributed by atoms with Gasteiger partial charge in [-0.3, -0.25) is 4.68 Å². The standard InChI is InChI=1S/C12H9N5O/c1-17-6-8(11(5-13)16-17)7-2-3-9-10(4-7)15-12(18)14-9/h2-4,6H,1H3,(H2,14,15,18).